The quantitative estimate of drug-likeness (QED) is 0.480. The normalized spacial score (nSPS) is 10.1. The Bertz CT molecular complexity index is 765. The van der Waals surface area contributed by atoms with Crippen molar-refractivity contribution >= 4 is 28.9 Å². The first kappa shape index (κ1) is 20.7. The maximum atomic E-state index is 12.6. The van der Waals surface area contributed by atoms with Gasteiger partial charge in [0.1, 0.15) is 11.5 Å². The van der Waals surface area contributed by atoms with E-state index in [1.807, 2.05) is 37.3 Å². The number of amides is 1. The molecular formula is C21H26N2O3S. The fourth-order valence-electron chi connectivity index (χ4n) is 2.49. The van der Waals surface area contributed by atoms with Crippen LogP contribution in [0.15, 0.2) is 48.5 Å². The first-order chi connectivity index (χ1) is 13.2. The highest BCUT2D eigenvalue weighted by Gasteiger charge is 2.14. The van der Waals surface area contributed by atoms with Crippen molar-refractivity contribution in [1.82, 2.24) is 5.32 Å². The van der Waals surface area contributed by atoms with Crippen LogP contribution in [-0.4, -0.2) is 24.2 Å². The molecule has 0 aromatic heterocycles. The third-order valence-corrected chi connectivity index (χ3v) is 4.00. The number of nitrogens with one attached hydrogen (secondary N) is 2. The Morgan fingerprint density at radius 3 is 2.41 bits per heavy atom. The van der Waals surface area contributed by atoms with Gasteiger partial charge in [-0.2, -0.15) is 0 Å². The van der Waals surface area contributed by atoms with Crippen molar-refractivity contribution in [3.63, 3.8) is 0 Å². The summed E-state index contributed by atoms with van der Waals surface area (Å²) < 4.78 is 11.3. The van der Waals surface area contributed by atoms with Gasteiger partial charge < -0.3 is 14.8 Å². The van der Waals surface area contributed by atoms with Gasteiger partial charge in [0.15, 0.2) is 5.11 Å². The largest absolute Gasteiger partial charge is 0.493 e. The zero-order valence-corrected chi connectivity index (χ0v) is 16.6. The molecule has 0 unspecified atom stereocenters. The monoisotopic (exact) mass is 386 g/mol. The van der Waals surface area contributed by atoms with E-state index in [0.29, 0.717) is 36.0 Å². The minimum atomic E-state index is -0.313. The minimum absolute atomic E-state index is 0.202. The number of unbranched alkanes of at least 4 members (excludes halogenated alkanes) is 2. The Hall–Kier alpha value is -2.60. The fourth-order valence-corrected chi connectivity index (χ4v) is 2.69. The summed E-state index contributed by atoms with van der Waals surface area (Å²) in [6.07, 6.45) is 3.18. The zero-order valence-electron chi connectivity index (χ0n) is 15.8. The molecule has 0 aliphatic rings. The Morgan fingerprint density at radius 1 is 0.963 bits per heavy atom. The average molecular weight is 387 g/mol. The number of hydrogen-bond acceptors (Lipinski definition) is 4. The van der Waals surface area contributed by atoms with E-state index in [2.05, 4.69) is 17.6 Å². The molecule has 144 valence electrons. The summed E-state index contributed by atoms with van der Waals surface area (Å²) in [5, 5.41) is 5.91. The van der Waals surface area contributed by atoms with Crippen LogP contribution in [0.25, 0.3) is 0 Å². The standard InChI is InChI=1S/C21H26N2O3S/c1-3-5-10-15-26-18-13-8-6-11-16(18)20(24)23-21(27)22-17-12-7-9-14-19(17)25-4-2/h6-9,11-14H,3-5,10,15H2,1-2H3,(H2,22,23,24,27). The molecule has 2 aromatic carbocycles. The van der Waals surface area contributed by atoms with Crippen molar-refractivity contribution in [2.75, 3.05) is 18.5 Å². The van der Waals surface area contributed by atoms with Gasteiger partial charge in [-0.25, -0.2) is 0 Å². The predicted molar refractivity (Wildman–Crippen MR) is 113 cm³/mol. The molecule has 1 amide bonds. The second-order valence-electron chi connectivity index (χ2n) is 5.89. The van der Waals surface area contributed by atoms with Gasteiger partial charge in [-0.1, -0.05) is 44.0 Å². The molecular weight excluding hydrogens is 360 g/mol. The van der Waals surface area contributed by atoms with Crippen LogP contribution in [-0.2, 0) is 0 Å². The molecule has 0 aliphatic carbocycles. The summed E-state index contributed by atoms with van der Waals surface area (Å²) in [7, 11) is 0. The molecule has 5 nitrogen and oxygen atoms in total. The van der Waals surface area contributed by atoms with Crippen molar-refractivity contribution in [3.8, 4) is 11.5 Å². The summed E-state index contributed by atoms with van der Waals surface area (Å²) in [5.74, 6) is 0.923. The summed E-state index contributed by atoms with van der Waals surface area (Å²) in [5.41, 5.74) is 1.16. The summed E-state index contributed by atoms with van der Waals surface area (Å²) in [4.78, 5) is 12.6. The number of ether oxygens (including phenoxy) is 2. The lowest BCUT2D eigenvalue weighted by atomic mass is 10.2. The number of thiocarbonyl (C=S) groups is 1. The molecule has 0 heterocycles. The van der Waals surface area contributed by atoms with Crippen molar-refractivity contribution in [2.24, 2.45) is 0 Å². The van der Waals surface area contributed by atoms with Crippen molar-refractivity contribution in [3.05, 3.63) is 54.1 Å². The van der Waals surface area contributed by atoms with Crippen molar-refractivity contribution in [1.29, 1.82) is 0 Å². The highest BCUT2D eigenvalue weighted by Crippen LogP contribution is 2.23. The van der Waals surface area contributed by atoms with Gasteiger partial charge >= 0.3 is 0 Å². The first-order valence-electron chi connectivity index (χ1n) is 9.21. The van der Waals surface area contributed by atoms with Crippen LogP contribution in [0.4, 0.5) is 5.69 Å². The Morgan fingerprint density at radius 2 is 1.67 bits per heavy atom. The van der Waals surface area contributed by atoms with E-state index >= 15 is 0 Å². The van der Waals surface area contributed by atoms with E-state index in [-0.39, 0.29) is 11.0 Å². The van der Waals surface area contributed by atoms with E-state index in [9.17, 15) is 4.79 Å². The molecule has 0 aliphatic heterocycles. The third-order valence-electron chi connectivity index (χ3n) is 3.80. The van der Waals surface area contributed by atoms with Gasteiger partial charge in [-0.15, -0.1) is 0 Å². The van der Waals surface area contributed by atoms with Crippen LogP contribution in [0.3, 0.4) is 0 Å². The summed E-state index contributed by atoms with van der Waals surface area (Å²) in [6.45, 7) is 5.18. The molecule has 2 rings (SSSR count). The Balaban J connectivity index is 1.99. The summed E-state index contributed by atoms with van der Waals surface area (Å²) >= 11 is 5.28. The highest BCUT2D eigenvalue weighted by molar-refractivity contribution is 7.80. The molecule has 2 N–H and O–H groups in total. The topological polar surface area (TPSA) is 59.6 Å². The number of carbonyl (C=O) groups excluding carboxylic acids is 1. The molecule has 0 fully saturated rings. The van der Waals surface area contributed by atoms with Gasteiger partial charge in [-0.3, -0.25) is 10.1 Å². The number of anilines is 1. The SMILES string of the molecule is CCCCCOc1ccccc1C(=O)NC(=S)Nc1ccccc1OCC. The molecule has 0 spiro atoms. The van der Waals surface area contributed by atoms with Gasteiger partial charge in [0.2, 0.25) is 0 Å². The van der Waals surface area contributed by atoms with Gasteiger partial charge in [0, 0.05) is 0 Å². The lowest BCUT2D eigenvalue weighted by molar-refractivity contribution is 0.0973. The maximum Gasteiger partial charge on any atom is 0.261 e. The number of carbonyl (C=O) groups is 1. The van der Waals surface area contributed by atoms with Crippen LogP contribution in [0, 0.1) is 0 Å². The molecule has 27 heavy (non-hydrogen) atoms. The lowest BCUT2D eigenvalue weighted by Crippen LogP contribution is -2.34. The minimum Gasteiger partial charge on any atom is -0.493 e. The van der Waals surface area contributed by atoms with Crippen LogP contribution >= 0.6 is 12.2 Å². The van der Waals surface area contributed by atoms with Crippen LogP contribution in [0.5, 0.6) is 11.5 Å². The van der Waals surface area contributed by atoms with E-state index in [1.165, 1.54) is 0 Å². The fraction of sp³-hybridized carbons (Fsp3) is 0.333. The van der Waals surface area contributed by atoms with Crippen molar-refractivity contribution < 1.29 is 14.3 Å². The van der Waals surface area contributed by atoms with Crippen LogP contribution in [0.1, 0.15) is 43.5 Å². The van der Waals surface area contributed by atoms with Gasteiger partial charge in [0.25, 0.3) is 5.91 Å². The zero-order chi connectivity index (χ0) is 19.5. The van der Waals surface area contributed by atoms with E-state index in [0.717, 1.165) is 19.3 Å². The molecule has 0 saturated heterocycles. The van der Waals surface area contributed by atoms with E-state index < -0.39 is 0 Å². The van der Waals surface area contributed by atoms with Crippen molar-refractivity contribution in [2.45, 2.75) is 33.1 Å². The average Bonchev–Trinajstić information content (AvgIpc) is 2.67. The second kappa shape index (κ2) is 11.2. The number of hydrogen-bond donors (Lipinski definition) is 2. The van der Waals surface area contributed by atoms with Crippen LogP contribution in [0.2, 0.25) is 0 Å². The maximum absolute atomic E-state index is 12.6. The van der Waals surface area contributed by atoms with Crippen LogP contribution < -0.4 is 20.1 Å². The highest BCUT2D eigenvalue weighted by atomic mass is 32.1. The molecule has 2 aromatic rings. The third kappa shape index (κ3) is 6.57. The Kier molecular flexibility index (Phi) is 8.58. The molecule has 0 bridgehead atoms. The van der Waals surface area contributed by atoms with E-state index in [1.54, 1.807) is 18.2 Å². The Labute approximate surface area is 166 Å². The number of rotatable bonds is 9. The first-order valence-corrected chi connectivity index (χ1v) is 9.62. The van der Waals surface area contributed by atoms with Gasteiger partial charge in [0.05, 0.1) is 24.5 Å². The molecule has 0 radical (unpaired) electrons. The van der Waals surface area contributed by atoms with E-state index in [4.69, 9.17) is 21.7 Å². The van der Waals surface area contributed by atoms with Gasteiger partial charge in [-0.05, 0) is 49.8 Å². The molecule has 0 atom stereocenters. The number of para-hydroxylation sites is 3. The smallest absolute Gasteiger partial charge is 0.261 e. The predicted octanol–water partition coefficient (Wildman–Crippen LogP) is 4.78. The molecule has 0 saturated carbocycles. The number of benzene rings is 2. The lowest BCUT2D eigenvalue weighted by Gasteiger charge is -2.15. The summed E-state index contributed by atoms with van der Waals surface area (Å²) in [6, 6.07) is 14.6. The second-order valence-corrected chi connectivity index (χ2v) is 6.30. The molecule has 6 heteroatoms.